The summed E-state index contributed by atoms with van der Waals surface area (Å²) in [6.45, 7) is 5.14. The van der Waals surface area contributed by atoms with E-state index in [0.29, 0.717) is 0 Å². The van der Waals surface area contributed by atoms with E-state index in [1.807, 2.05) is 47.6 Å². The summed E-state index contributed by atoms with van der Waals surface area (Å²) < 4.78 is 2.13. The Morgan fingerprint density at radius 2 is 1.52 bits per heavy atom. The number of carbonyl (C=O) groups excluding carboxylic acids is 1. The van der Waals surface area contributed by atoms with E-state index in [9.17, 15) is 4.79 Å². The van der Waals surface area contributed by atoms with E-state index in [1.54, 1.807) is 0 Å². The van der Waals surface area contributed by atoms with E-state index in [1.165, 1.54) is 11.1 Å². The summed E-state index contributed by atoms with van der Waals surface area (Å²) in [7, 11) is 0. The Labute approximate surface area is 172 Å². The van der Waals surface area contributed by atoms with Crippen LogP contribution in [0.25, 0.3) is 6.08 Å². The van der Waals surface area contributed by atoms with Crippen LogP contribution in [-0.2, 0) is 6.54 Å². The lowest BCUT2D eigenvalue weighted by atomic mass is 10.1. The molecule has 1 aromatic heterocycles. The Morgan fingerprint density at radius 1 is 0.828 bits per heavy atom. The molecular weight excluding hydrogens is 358 g/mol. The second-order valence-corrected chi connectivity index (χ2v) is 7.46. The second kappa shape index (κ2) is 9.39. The SMILES string of the molecule is O=C(c1ccc(Cn2cccc2)cc1)N1CCN(C/C=C/c2ccccc2)CC1. The van der Waals surface area contributed by atoms with Gasteiger partial charge < -0.3 is 9.47 Å². The predicted molar refractivity (Wildman–Crippen MR) is 118 cm³/mol. The molecule has 0 atom stereocenters. The standard InChI is InChI=1S/C25H27N3O/c29-25(24-12-10-23(11-13-24)21-27-14-4-5-15-27)28-19-17-26(18-20-28)16-6-9-22-7-2-1-3-8-22/h1-15H,16-21H2/b9-6+. The van der Waals surface area contributed by atoms with Gasteiger partial charge in [0.1, 0.15) is 0 Å². The molecule has 0 N–H and O–H groups in total. The summed E-state index contributed by atoms with van der Waals surface area (Å²) in [4.78, 5) is 17.2. The van der Waals surface area contributed by atoms with Gasteiger partial charge in [-0.3, -0.25) is 9.69 Å². The number of hydrogen-bond donors (Lipinski definition) is 0. The van der Waals surface area contributed by atoms with Crippen LogP contribution in [0.1, 0.15) is 21.5 Å². The number of rotatable bonds is 6. The molecule has 2 aromatic carbocycles. The number of carbonyl (C=O) groups is 1. The van der Waals surface area contributed by atoms with E-state index in [4.69, 9.17) is 0 Å². The van der Waals surface area contributed by atoms with E-state index in [0.717, 1.165) is 44.8 Å². The van der Waals surface area contributed by atoms with Crippen LogP contribution in [0.3, 0.4) is 0 Å². The minimum absolute atomic E-state index is 0.136. The van der Waals surface area contributed by atoms with Crippen LogP contribution in [-0.4, -0.2) is 53.0 Å². The number of aromatic nitrogens is 1. The molecule has 3 aromatic rings. The van der Waals surface area contributed by atoms with E-state index < -0.39 is 0 Å². The highest BCUT2D eigenvalue weighted by Gasteiger charge is 2.21. The van der Waals surface area contributed by atoms with Crippen molar-refractivity contribution in [2.75, 3.05) is 32.7 Å². The highest BCUT2D eigenvalue weighted by atomic mass is 16.2. The van der Waals surface area contributed by atoms with Crippen molar-refractivity contribution in [3.05, 3.63) is 102 Å². The van der Waals surface area contributed by atoms with E-state index >= 15 is 0 Å². The van der Waals surface area contributed by atoms with Gasteiger partial charge in [0.2, 0.25) is 0 Å². The van der Waals surface area contributed by atoms with Crippen molar-refractivity contribution in [3.63, 3.8) is 0 Å². The van der Waals surface area contributed by atoms with Gasteiger partial charge in [-0.2, -0.15) is 0 Å². The van der Waals surface area contributed by atoms with Crippen LogP contribution in [0.2, 0.25) is 0 Å². The molecule has 1 aliphatic rings. The molecule has 1 saturated heterocycles. The third-order valence-corrected chi connectivity index (χ3v) is 5.37. The number of benzene rings is 2. The van der Waals surface area contributed by atoms with Crippen molar-refractivity contribution in [1.82, 2.24) is 14.4 Å². The lowest BCUT2D eigenvalue weighted by Gasteiger charge is -2.34. The van der Waals surface area contributed by atoms with Crippen molar-refractivity contribution in [2.45, 2.75) is 6.54 Å². The highest BCUT2D eigenvalue weighted by molar-refractivity contribution is 5.94. The zero-order chi connectivity index (χ0) is 19.9. The first-order chi connectivity index (χ1) is 14.3. The summed E-state index contributed by atoms with van der Waals surface area (Å²) >= 11 is 0. The third-order valence-electron chi connectivity index (χ3n) is 5.37. The lowest BCUT2D eigenvalue weighted by Crippen LogP contribution is -2.48. The molecule has 1 aliphatic heterocycles. The van der Waals surface area contributed by atoms with Crippen LogP contribution in [0.5, 0.6) is 0 Å². The first kappa shape index (κ1) is 19.2. The summed E-state index contributed by atoms with van der Waals surface area (Å²) in [5, 5.41) is 0. The Hall–Kier alpha value is -3.11. The van der Waals surface area contributed by atoms with Gasteiger partial charge in [-0.25, -0.2) is 0 Å². The zero-order valence-corrected chi connectivity index (χ0v) is 16.7. The number of amides is 1. The number of nitrogens with zero attached hydrogens (tertiary/aromatic N) is 3. The molecule has 1 fully saturated rings. The van der Waals surface area contributed by atoms with Gasteiger partial charge in [-0.05, 0) is 35.4 Å². The Balaban J connectivity index is 1.26. The normalized spacial score (nSPS) is 15.1. The molecule has 1 amide bonds. The van der Waals surface area contributed by atoms with Crippen LogP contribution < -0.4 is 0 Å². The van der Waals surface area contributed by atoms with Crippen molar-refractivity contribution in [3.8, 4) is 0 Å². The molecule has 4 heteroatoms. The quantitative estimate of drug-likeness (QED) is 0.641. The third kappa shape index (κ3) is 5.24. The maximum absolute atomic E-state index is 12.8. The van der Waals surface area contributed by atoms with Crippen molar-refractivity contribution < 1.29 is 4.79 Å². The Kier molecular flexibility index (Phi) is 6.22. The highest BCUT2D eigenvalue weighted by Crippen LogP contribution is 2.12. The monoisotopic (exact) mass is 385 g/mol. The van der Waals surface area contributed by atoms with Gasteiger partial charge >= 0.3 is 0 Å². The average Bonchev–Trinajstić information content (AvgIpc) is 3.28. The minimum atomic E-state index is 0.136. The predicted octanol–water partition coefficient (Wildman–Crippen LogP) is 4.01. The topological polar surface area (TPSA) is 28.5 Å². The van der Waals surface area contributed by atoms with Gasteiger partial charge in [0.25, 0.3) is 5.91 Å². The summed E-state index contributed by atoms with van der Waals surface area (Å²) in [5.74, 6) is 0.136. The van der Waals surface area contributed by atoms with E-state index in [-0.39, 0.29) is 5.91 Å². The maximum Gasteiger partial charge on any atom is 0.253 e. The van der Waals surface area contributed by atoms with Crippen LogP contribution in [0, 0.1) is 0 Å². The first-order valence-electron chi connectivity index (χ1n) is 10.2. The number of piperazine rings is 1. The Bertz CT molecular complexity index is 922. The fourth-order valence-corrected chi connectivity index (χ4v) is 3.66. The van der Waals surface area contributed by atoms with Gasteiger partial charge in [0, 0.05) is 57.2 Å². The van der Waals surface area contributed by atoms with Gasteiger partial charge in [-0.1, -0.05) is 54.6 Å². The van der Waals surface area contributed by atoms with E-state index in [2.05, 4.69) is 58.0 Å². The fraction of sp³-hybridized carbons (Fsp3) is 0.240. The molecule has 0 bridgehead atoms. The number of hydrogen-bond acceptors (Lipinski definition) is 2. The smallest absolute Gasteiger partial charge is 0.253 e. The molecule has 148 valence electrons. The molecule has 4 nitrogen and oxygen atoms in total. The average molecular weight is 386 g/mol. The summed E-state index contributed by atoms with van der Waals surface area (Å²) in [5.41, 5.74) is 3.20. The lowest BCUT2D eigenvalue weighted by molar-refractivity contribution is 0.0650. The molecule has 0 saturated carbocycles. The minimum Gasteiger partial charge on any atom is -0.350 e. The molecular formula is C25H27N3O. The Morgan fingerprint density at radius 3 is 2.21 bits per heavy atom. The van der Waals surface area contributed by atoms with Crippen LogP contribution in [0.4, 0.5) is 0 Å². The van der Waals surface area contributed by atoms with Crippen molar-refractivity contribution in [1.29, 1.82) is 0 Å². The molecule has 0 radical (unpaired) electrons. The molecule has 4 rings (SSSR count). The molecule has 0 spiro atoms. The first-order valence-corrected chi connectivity index (χ1v) is 10.2. The van der Waals surface area contributed by atoms with Gasteiger partial charge in [-0.15, -0.1) is 0 Å². The summed E-state index contributed by atoms with van der Waals surface area (Å²) in [6, 6.07) is 22.4. The van der Waals surface area contributed by atoms with Crippen molar-refractivity contribution >= 4 is 12.0 Å². The maximum atomic E-state index is 12.8. The molecule has 29 heavy (non-hydrogen) atoms. The van der Waals surface area contributed by atoms with Crippen LogP contribution in [0.15, 0.2) is 85.2 Å². The fourth-order valence-electron chi connectivity index (χ4n) is 3.66. The summed E-state index contributed by atoms with van der Waals surface area (Å²) in [6.07, 6.45) is 8.46. The second-order valence-electron chi connectivity index (χ2n) is 7.46. The largest absolute Gasteiger partial charge is 0.350 e. The van der Waals surface area contributed by atoms with Gasteiger partial charge in [0.15, 0.2) is 0 Å². The van der Waals surface area contributed by atoms with Gasteiger partial charge in [0.05, 0.1) is 0 Å². The van der Waals surface area contributed by atoms with Crippen molar-refractivity contribution in [2.24, 2.45) is 0 Å². The molecule has 0 aliphatic carbocycles. The zero-order valence-electron chi connectivity index (χ0n) is 16.7. The molecule has 2 heterocycles. The van der Waals surface area contributed by atoms with Crippen LogP contribution >= 0.6 is 0 Å². The molecule has 0 unspecified atom stereocenters.